The summed E-state index contributed by atoms with van der Waals surface area (Å²) in [6.45, 7) is 10.3. The number of aromatic hydroxyl groups is 1. The molecule has 9 nitrogen and oxygen atoms in total. The zero-order valence-electron chi connectivity index (χ0n) is 19.6. The van der Waals surface area contributed by atoms with E-state index in [4.69, 9.17) is 18.9 Å². The Labute approximate surface area is 193 Å². The molecular formula is C24H32N2O7. The Morgan fingerprint density at radius 3 is 2.67 bits per heavy atom. The zero-order chi connectivity index (χ0) is 23.9. The van der Waals surface area contributed by atoms with Crippen LogP contribution in [0.4, 0.5) is 10.5 Å². The normalized spacial score (nSPS) is 25.4. The Morgan fingerprint density at radius 2 is 2.03 bits per heavy atom. The molecular weight excluding hydrogens is 428 g/mol. The highest BCUT2D eigenvalue weighted by molar-refractivity contribution is 6.06. The number of ether oxygens (including phenoxy) is 4. The molecule has 1 N–H and O–H groups in total. The van der Waals surface area contributed by atoms with Gasteiger partial charge in [0, 0.05) is 19.2 Å². The van der Waals surface area contributed by atoms with Crippen LogP contribution in [0.2, 0.25) is 0 Å². The summed E-state index contributed by atoms with van der Waals surface area (Å²) in [4.78, 5) is 30.2. The van der Waals surface area contributed by atoms with Crippen LogP contribution in [-0.4, -0.2) is 66.4 Å². The fourth-order valence-electron chi connectivity index (χ4n) is 4.50. The van der Waals surface area contributed by atoms with E-state index < -0.39 is 30.3 Å². The number of rotatable bonds is 3. The lowest BCUT2D eigenvalue weighted by atomic mass is 10.1. The monoisotopic (exact) mass is 460 g/mol. The molecule has 3 unspecified atom stereocenters. The molecule has 4 rings (SSSR count). The van der Waals surface area contributed by atoms with Crippen LogP contribution >= 0.6 is 0 Å². The molecule has 0 saturated carbocycles. The van der Waals surface area contributed by atoms with Crippen molar-refractivity contribution in [1.29, 1.82) is 0 Å². The molecule has 0 aromatic heterocycles. The molecule has 3 aliphatic heterocycles. The summed E-state index contributed by atoms with van der Waals surface area (Å²) in [5.41, 5.74) is 0.497. The Hall–Kier alpha value is -2.78. The van der Waals surface area contributed by atoms with Crippen molar-refractivity contribution in [2.45, 2.75) is 70.6 Å². The number of benzene rings is 1. The van der Waals surface area contributed by atoms with Crippen molar-refractivity contribution in [3.8, 4) is 11.5 Å². The Kier molecular flexibility index (Phi) is 6.28. The van der Waals surface area contributed by atoms with Crippen molar-refractivity contribution in [2.24, 2.45) is 0 Å². The average Bonchev–Trinajstić information content (AvgIpc) is 3.10. The number of carbonyl (C=O) groups is 2. The molecule has 9 heteroatoms. The summed E-state index contributed by atoms with van der Waals surface area (Å²) in [6, 6.07) is 2.32. The van der Waals surface area contributed by atoms with Crippen LogP contribution in [-0.2, 0) is 14.2 Å². The summed E-state index contributed by atoms with van der Waals surface area (Å²) >= 11 is 0. The number of anilines is 1. The van der Waals surface area contributed by atoms with Gasteiger partial charge in [0.05, 0.1) is 24.4 Å². The lowest BCUT2D eigenvalue weighted by Gasteiger charge is -2.39. The smallest absolute Gasteiger partial charge is 0.417 e. The van der Waals surface area contributed by atoms with Gasteiger partial charge in [0.2, 0.25) is 0 Å². The number of phenolic OH excluding ortho intramolecular Hbond substituents is 1. The molecule has 0 radical (unpaired) electrons. The lowest BCUT2D eigenvalue weighted by Crippen LogP contribution is -2.54. The molecule has 0 spiro atoms. The standard InChI is InChI=1S/C24H32N2O7/c1-14-10-17-22(32-20-8-6-7-9-31-20)26(23(29)33-24(2,3)4)16-12-18(27)19(30-5)11-15(16)21(28)25(17)13-14/h11-12,17,20,22,27H,1,6-10,13H2,2-5H3. The predicted molar refractivity (Wildman–Crippen MR) is 120 cm³/mol. The summed E-state index contributed by atoms with van der Waals surface area (Å²) < 4.78 is 23.1. The summed E-state index contributed by atoms with van der Waals surface area (Å²) in [5.74, 6) is -0.358. The molecule has 33 heavy (non-hydrogen) atoms. The molecule has 180 valence electrons. The second kappa shape index (κ2) is 8.87. The molecule has 3 heterocycles. The van der Waals surface area contributed by atoms with Crippen LogP contribution in [0.1, 0.15) is 56.8 Å². The van der Waals surface area contributed by atoms with E-state index in [1.807, 2.05) is 0 Å². The van der Waals surface area contributed by atoms with E-state index in [2.05, 4.69) is 6.58 Å². The van der Waals surface area contributed by atoms with E-state index in [-0.39, 0.29) is 28.7 Å². The van der Waals surface area contributed by atoms with Gasteiger partial charge in [-0.1, -0.05) is 12.2 Å². The van der Waals surface area contributed by atoms with E-state index in [0.717, 1.165) is 18.4 Å². The second-order valence-corrected chi connectivity index (χ2v) is 9.67. The van der Waals surface area contributed by atoms with Crippen molar-refractivity contribution in [3.05, 3.63) is 29.8 Å². The van der Waals surface area contributed by atoms with Gasteiger partial charge in [-0.2, -0.15) is 0 Å². The second-order valence-electron chi connectivity index (χ2n) is 9.67. The fourth-order valence-corrected chi connectivity index (χ4v) is 4.50. The first kappa shape index (κ1) is 23.4. The largest absolute Gasteiger partial charge is 0.504 e. The minimum atomic E-state index is -0.889. The van der Waals surface area contributed by atoms with Crippen LogP contribution in [0.25, 0.3) is 0 Å². The van der Waals surface area contributed by atoms with Crippen molar-refractivity contribution >= 4 is 17.7 Å². The number of methoxy groups -OCH3 is 1. The zero-order valence-corrected chi connectivity index (χ0v) is 19.6. The van der Waals surface area contributed by atoms with E-state index in [0.29, 0.717) is 26.0 Å². The van der Waals surface area contributed by atoms with Gasteiger partial charge in [-0.15, -0.1) is 0 Å². The van der Waals surface area contributed by atoms with Gasteiger partial charge in [0.15, 0.2) is 24.0 Å². The molecule has 3 atom stereocenters. The van der Waals surface area contributed by atoms with Crippen molar-refractivity contribution < 1.29 is 33.6 Å². The molecule has 3 aliphatic rings. The lowest BCUT2D eigenvalue weighted by molar-refractivity contribution is -0.195. The Bertz CT molecular complexity index is 949. The first-order valence-electron chi connectivity index (χ1n) is 11.3. The Balaban J connectivity index is 1.86. The highest BCUT2D eigenvalue weighted by Gasteiger charge is 2.49. The number of hydrogen-bond acceptors (Lipinski definition) is 7. The SMILES string of the molecule is C=C1CC2C(OC3CCCCO3)N(C(=O)OC(C)(C)C)c3cc(O)c(OC)cc3C(=O)N2C1. The van der Waals surface area contributed by atoms with Crippen molar-refractivity contribution in [1.82, 2.24) is 4.90 Å². The molecule has 2 fully saturated rings. The summed E-state index contributed by atoms with van der Waals surface area (Å²) in [5, 5.41) is 10.5. The van der Waals surface area contributed by atoms with Crippen LogP contribution in [0.3, 0.4) is 0 Å². The van der Waals surface area contributed by atoms with Crippen molar-refractivity contribution in [2.75, 3.05) is 25.2 Å². The van der Waals surface area contributed by atoms with Gasteiger partial charge in [-0.05, 0) is 52.5 Å². The highest BCUT2D eigenvalue weighted by Crippen LogP contribution is 2.42. The van der Waals surface area contributed by atoms with Gasteiger partial charge in [-0.3, -0.25) is 4.79 Å². The van der Waals surface area contributed by atoms with Crippen LogP contribution in [0.5, 0.6) is 11.5 Å². The minimum absolute atomic E-state index is 0.135. The van der Waals surface area contributed by atoms with Crippen LogP contribution in [0, 0.1) is 0 Å². The third-order valence-corrected chi connectivity index (χ3v) is 5.94. The maximum absolute atomic E-state index is 13.6. The quantitative estimate of drug-likeness (QED) is 0.685. The van der Waals surface area contributed by atoms with E-state index in [1.54, 1.807) is 25.7 Å². The molecule has 1 aromatic carbocycles. The van der Waals surface area contributed by atoms with E-state index in [9.17, 15) is 14.7 Å². The first-order valence-corrected chi connectivity index (χ1v) is 11.3. The maximum Gasteiger partial charge on any atom is 0.417 e. The number of amides is 2. The topological polar surface area (TPSA) is 97.8 Å². The van der Waals surface area contributed by atoms with Crippen molar-refractivity contribution in [3.63, 3.8) is 0 Å². The van der Waals surface area contributed by atoms with Gasteiger partial charge in [0.1, 0.15) is 5.60 Å². The molecule has 0 bridgehead atoms. The van der Waals surface area contributed by atoms with Gasteiger partial charge < -0.3 is 29.0 Å². The van der Waals surface area contributed by atoms with Gasteiger partial charge in [-0.25, -0.2) is 9.69 Å². The number of hydrogen-bond donors (Lipinski definition) is 1. The first-order chi connectivity index (χ1) is 15.6. The summed E-state index contributed by atoms with van der Waals surface area (Å²) in [7, 11) is 1.40. The molecule has 2 amide bonds. The number of nitrogens with zero attached hydrogens (tertiary/aromatic N) is 2. The number of carbonyl (C=O) groups excluding carboxylic acids is 2. The molecule has 2 saturated heterocycles. The van der Waals surface area contributed by atoms with E-state index >= 15 is 0 Å². The maximum atomic E-state index is 13.6. The fraction of sp³-hybridized carbons (Fsp3) is 0.583. The van der Waals surface area contributed by atoms with Gasteiger partial charge >= 0.3 is 6.09 Å². The highest BCUT2D eigenvalue weighted by atomic mass is 16.7. The minimum Gasteiger partial charge on any atom is -0.504 e. The number of fused-ring (bicyclic) bond motifs is 2. The van der Waals surface area contributed by atoms with Gasteiger partial charge in [0.25, 0.3) is 5.91 Å². The Morgan fingerprint density at radius 1 is 1.27 bits per heavy atom. The molecule has 0 aliphatic carbocycles. The third-order valence-electron chi connectivity index (χ3n) is 5.94. The van der Waals surface area contributed by atoms with E-state index in [1.165, 1.54) is 24.1 Å². The predicted octanol–water partition coefficient (Wildman–Crippen LogP) is 3.80. The molecule has 1 aromatic rings. The van der Waals surface area contributed by atoms with Crippen LogP contribution in [0.15, 0.2) is 24.3 Å². The van der Waals surface area contributed by atoms with Crippen LogP contribution < -0.4 is 9.64 Å². The average molecular weight is 461 g/mol. The third kappa shape index (κ3) is 4.65. The summed E-state index contributed by atoms with van der Waals surface area (Å²) in [6.07, 6.45) is 0.954. The number of phenols is 1.